The summed E-state index contributed by atoms with van der Waals surface area (Å²) < 4.78 is 27.1. The Kier molecular flexibility index (Phi) is 7.88. The Morgan fingerprint density at radius 2 is 1.46 bits per heavy atom. The molecule has 0 radical (unpaired) electrons. The highest BCUT2D eigenvalue weighted by molar-refractivity contribution is 7.90. The second kappa shape index (κ2) is 11.5. The first kappa shape index (κ1) is 26.7. The van der Waals surface area contributed by atoms with E-state index in [9.17, 15) is 18.3 Å². The number of carbonyl (C=O) groups is 1. The molecular weight excluding hydrogens is 534 g/mol. The summed E-state index contributed by atoms with van der Waals surface area (Å²) >= 11 is 6.07. The minimum absolute atomic E-state index is 0.0561. The van der Waals surface area contributed by atoms with Gasteiger partial charge >= 0.3 is 0 Å². The van der Waals surface area contributed by atoms with Crippen LogP contribution in [0.5, 0.6) is 5.75 Å². The van der Waals surface area contributed by atoms with Crippen molar-refractivity contribution >= 4 is 33.2 Å². The second-order valence-corrected chi connectivity index (χ2v) is 11.5. The lowest BCUT2D eigenvalue weighted by Crippen LogP contribution is -2.46. The molecule has 4 aromatic rings. The molecule has 200 valence electrons. The van der Waals surface area contributed by atoms with E-state index in [2.05, 4.69) is 38.8 Å². The molecule has 2 N–H and O–H groups in total. The van der Waals surface area contributed by atoms with E-state index in [0.29, 0.717) is 0 Å². The molecule has 1 saturated heterocycles. The van der Waals surface area contributed by atoms with Gasteiger partial charge in [-0.2, -0.15) is 0 Å². The average molecular weight is 562 g/mol. The van der Waals surface area contributed by atoms with Gasteiger partial charge in [-0.15, -0.1) is 0 Å². The second-order valence-electron chi connectivity index (χ2n) is 9.40. The van der Waals surface area contributed by atoms with Gasteiger partial charge in [0.05, 0.1) is 4.90 Å². The molecule has 1 fully saturated rings. The first-order chi connectivity index (χ1) is 18.8. The average Bonchev–Trinajstić information content (AvgIpc) is 2.94. The van der Waals surface area contributed by atoms with Crippen molar-refractivity contribution in [3.05, 3.63) is 113 Å². The van der Waals surface area contributed by atoms with Crippen LogP contribution in [0, 0.1) is 0 Å². The van der Waals surface area contributed by atoms with E-state index < -0.39 is 15.9 Å². The maximum atomic E-state index is 12.6. The molecule has 1 heterocycles. The first-order valence-electron chi connectivity index (χ1n) is 12.6. The number of carbonyl (C=O) groups excluding carboxylic acids is 1. The minimum atomic E-state index is -4.04. The lowest BCUT2D eigenvalue weighted by atomic mass is 9.99. The predicted octanol–water partition coefficient (Wildman–Crippen LogP) is 5.15. The highest BCUT2D eigenvalue weighted by Crippen LogP contribution is 2.27. The number of benzene rings is 4. The zero-order valence-electron chi connectivity index (χ0n) is 21.1. The van der Waals surface area contributed by atoms with E-state index in [1.54, 1.807) is 12.1 Å². The van der Waals surface area contributed by atoms with Crippen molar-refractivity contribution in [2.45, 2.75) is 11.4 Å². The van der Waals surface area contributed by atoms with E-state index in [-0.39, 0.29) is 16.2 Å². The van der Waals surface area contributed by atoms with Gasteiger partial charge in [-0.3, -0.25) is 9.69 Å². The van der Waals surface area contributed by atoms with Gasteiger partial charge < -0.3 is 10.0 Å². The number of piperazine rings is 1. The van der Waals surface area contributed by atoms with Crippen LogP contribution in [-0.4, -0.2) is 50.5 Å². The maximum absolute atomic E-state index is 12.6. The fourth-order valence-corrected chi connectivity index (χ4v) is 5.76. The smallest absolute Gasteiger partial charge is 0.264 e. The standard InChI is InChI=1S/C30H28ClN3O4S/c31-25-9-5-22(6-10-25)29-4-2-1-3-24(29)21-33-17-19-34(20-18-33)26-11-7-23(8-12-26)30(36)32-39(37,38)28-15-13-27(35)14-16-28/h1-16,35H,17-21H2,(H,32,36). The largest absolute Gasteiger partial charge is 0.508 e. The fraction of sp³-hybridized carbons (Fsp3) is 0.167. The van der Waals surface area contributed by atoms with Gasteiger partial charge in [0.15, 0.2) is 0 Å². The first-order valence-corrected chi connectivity index (χ1v) is 14.4. The number of anilines is 1. The van der Waals surface area contributed by atoms with Gasteiger partial charge in [0, 0.05) is 49.0 Å². The number of amides is 1. The van der Waals surface area contributed by atoms with Gasteiger partial charge in [-0.25, -0.2) is 13.1 Å². The van der Waals surface area contributed by atoms with Gasteiger partial charge in [-0.1, -0.05) is 48.0 Å². The Labute approximate surface area is 233 Å². The topological polar surface area (TPSA) is 89.9 Å². The van der Waals surface area contributed by atoms with Crippen molar-refractivity contribution < 1.29 is 18.3 Å². The molecular formula is C30H28ClN3O4S. The third kappa shape index (κ3) is 6.42. The van der Waals surface area contributed by atoms with E-state index in [0.717, 1.165) is 49.0 Å². The molecule has 0 bridgehead atoms. The third-order valence-electron chi connectivity index (χ3n) is 6.81. The zero-order valence-corrected chi connectivity index (χ0v) is 22.7. The molecule has 1 amide bonds. The summed E-state index contributed by atoms with van der Waals surface area (Å²) in [5, 5.41) is 10.1. The highest BCUT2D eigenvalue weighted by Gasteiger charge is 2.21. The summed E-state index contributed by atoms with van der Waals surface area (Å²) in [5.41, 5.74) is 4.85. The molecule has 7 nitrogen and oxygen atoms in total. The lowest BCUT2D eigenvalue weighted by molar-refractivity contribution is 0.0981. The Bertz CT molecular complexity index is 1550. The minimum Gasteiger partial charge on any atom is -0.508 e. The van der Waals surface area contributed by atoms with Crippen LogP contribution in [0.2, 0.25) is 5.02 Å². The van der Waals surface area contributed by atoms with Crippen LogP contribution in [0.3, 0.4) is 0 Å². The number of hydrogen-bond donors (Lipinski definition) is 2. The van der Waals surface area contributed by atoms with Crippen LogP contribution in [0.15, 0.2) is 102 Å². The van der Waals surface area contributed by atoms with Crippen LogP contribution in [0.25, 0.3) is 11.1 Å². The summed E-state index contributed by atoms with van der Waals surface area (Å²) in [7, 11) is -4.04. The number of hydrogen-bond acceptors (Lipinski definition) is 6. The molecule has 0 unspecified atom stereocenters. The Morgan fingerprint density at radius 3 is 2.13 bits per heavy atom. The van der Waals surface area contributed by atoms with Gasteiger partial charge in [-0.05, 0) is 77.4 Å². The Balaban J connectivity index is 1.18. The van der Waals surface area contributed by atoms with Crippen LogP contribution >= 0.6 is 11.6 Å². The van der Waals surface area contributed by atoms with E-state index in [4.69, 9.17) is 11.6 Å². The molecule has 5 rings (SSSR count). The summed E-state index contributed by atoms with van der Waals surface area (Å²) in [6.45, 7) is 4.30. The normalized spacial score (nSPS) is 14.2. The van der Waals surface area contributed by atoms with Crippen molar-refractivity contribution in [3.8, 4) is 16.9 Å². The van der Waals surface area contributed by atoms with Crippen LogP contribution < -0.4 is 9.62 Å². The molecule has 1 aliphatic heterocycles. The molecule has 0 saturated carbocycles. The molecule has 4 aromatic carbocycles. The number of nitrogens with one attached hydrogen (secondary N) is 1. The van der Waals surface area contributed by atoms with Gasteiger partial charge in [0.2, 0.25) is 0 Å². The van der Waals surface area contributed by atoms with E-state index in [1.165, 1.54) is 35.4 Å². The van der Waals surface area contributed by atoms with Crippen molar-refractivity contribution in [2.75, 3.05) is 31.1 Å². The quantitative estimate of drug-likeness (QED) is 0.324. The Morgan fingerprint density at radius 1 is 0.821 bits per heavy atom. The van der Waals surface area contributed by atoms with Crippen molar-refractivity contribution in [1.82, 2.24) is 9.62 Å². The highest BCUT2D eigenvalue weighted by atomic mass is 35.5. The van der Waals surface area contributed by atoms with Crippen LogP contribution in [0.1, 0.15) is 15.9 Å². The maximum Gasteiger partial charge on any atom is 0.264 e. The molecule has 39 heavy (non-hydrogen) atoms. The van der Waals surface area contributed by atoms with Crippen molar-refractivity contribution in [3.63, 3.8) is 0 Å². The fourth-order valence-electron chi connectivity index (χ4n) is 4.66. The van der Waals surface area contributed by atoms with E-state index in [1.807, 2.05) is 36.4 Å². The SMILES string of the molecule is O=C(NS(=O)(=O)c1ccc(O)cc1)c1ccc(N2CCN(Cc3ccccc3-c3ccc(Cl)cc3)CC2)cc1. The molecule has 1 aliphatic rings. The zero-order chi connectivity index (χ0) is 27.4. The predicted molar refractivity (Wildman–Crippen MR) is 154 cm³/mol. The molecule has 9 heteroatoms. The molecule has 0 aromatic heterocycles. The van der Waals surface area contributed by atoms with Crippen LogP contribution in [0.4, 0.5) is 5.69 Å². The molecule has 0 aliphatic carbocycles. The third-order valence-corrected chi connectivity index (χ3v) is 8.41. The van der Waals surface area contributed by atoms with E-state index >= 15 is 0 Å². The Hall–Kier alpha value is -3.85. The molecule has 0 atom stereocenters. The lowest BCUT2D eigenvalue weighted by Gasteiger charge is -2.36. The summed E-state index contributed by atoms with van der Waals surface area (Å²) in [4.78, 5) is 17.2. The summed E-state index contributed by atoms with van der Waals surface area (Å²) in [5.74, 6) is -0.766. The van der Waals surface area contributed by atoms with Crippen molar-refractivity contribution in [1.29, 1.82) is 0 Å². The number of halogens is 1. The van der Waals surface area contributed by atoms with Crippen molar-refractivity contribution in [2.24, 2.45) is 0 Å². The number of nitrogens with zero attached hydrogens (tertiary/aromatic N) is 2. The van der Waals surface area contributed by atoms with Gasteiger partial charge in [0.1, 0.15) is 5.75 Å². The monoisotopic (exact) mass is 561 g/mol. The summed E-state index contributed by atoms with van der Waals surface area (Å²) in [6.07, 6.45) is 0. The number of phenolic OH excluding ortho intramolecular Hbond substituents is 1. The van der Waals surface area contributed by atoms with Gasteiger partial charge in [0.25, 0.3) is 15.9 Å². The molecule has 0 spiro atoms. The number of rotatable bonds is 7. The number of aromatic hydroxyl groups is 1. The summed E-state index contributed by atoms with van der Waals surface area (Å²) in [6, 6.07) is 28.3. The number of sulfonamides is 1. The number of phenols is 1. The van der Waals surface area contributed by atoms with Crippen LogP contribution in [-0.2, 0) is 16.6 Å².